The fourth-order valence-electron chi connectivity index (χ4n) is 3.36. The molecule has 1 amide bonds. The second-order valence-electron chi connectivity index (χ2n) is 6.18. The Kier molecular flexibility index (Phi) is 5.34. The molecule has 1 saturated heterocycles. The smallest absolute Gasteiger partial charge is 0.230 e. The topological polar surface area (TPSA) is 45.2 Å². The van der Waals surface area contributed by atoms with Crippen molar-refractivity contribution in [3.63, 3.8) is 0 Å². The van der Waals surface area contributed by atoms with Gasteiger partial charge in [0.05, 0.1) is 11.5 Å². The van der Waals surface area contributed by atoms with Crippen LogP contribution in [0.25, 0.3) is 0 Å². The number of piperidine rings is 1. The number of aromatic nitrogens is 1. The zero-order valence-corrected chi connectivity index (χ0v) is 13.4. The van der Waals surface area contributed by atoms with Crippen LogP contribution in [0.1, 0.15) is 51.1 Å². The molecule has 1 aromatic heterocycles. The van der Waals surface area contributed by atoms with Crippen molar-refractivity contribution in [1.29, 1.82) is 0 Å². The summed E-state index contributed by atoms with van der Waals surface area (Å²) in [6.45, 7) is 6.09. The van der Waals surface area contributed by atoms with Gasteiger partial charge in [-0.25, -0.2) is 0 Å². The number of nitrogens with zero attached hydrogens (tertiary/aromatic N) is 2. The largest absolute Gasteiger partial charge is 0.338 e. The molecule has 0 radical (unpaired) electrons. The summed E-state index contributed by atoms with van der Waals surface area (Å²) in [5, 5.41) is 3.42. The van der Waals surface area contributed by atoms with Gasteiger partial charge < -0.3 is 10.2 Å². The van der Waals surface area contributed by atoms with E-state index in [0.29, 0.717) is 0 Å². The molecule has 2 rings (SSSR count). The highest BCUT2D eigenvalue weighted by atomic mass is 16.2. The van der Waals surface area contributed by atoms with Crippen LogP contribution in [-0.4, -0.2) is 35.9 Å². The van der Waals surface area contributed by atoms with Crippen molar-refractivity contribution < 1.29 is 4.79 Å². The highest BCUT2D eigenvalue weighted by Crippen LogP contribution is 2.35. The molecule has 0 saturated carbocycles. The standard InChI is InChI=1S/C17H27N3O/c1-4-8-17(9-5-10-19-13-17)16(21)20(3)14(2)15-6-11-18-12-7-15/h6-7,11-12,14,19H,4-5,8-10,13H2,1-3H3. The zero-order valence-electron chi connectivity index (χ0n) is 13.4. The van der Waals surface area contributed by atoms with Gasteiger partial charge >= 0.3 is 0 Å². The lowest BCUT2D eigenvalue weighted by Gasteiger charge is -2.40. The maximum Gasteiger partial charge on any atom is 0.230 e. The lowest BCUT2D eigenvalue weighted by molar-refractivity contribution is -0.144. The summed E-state index contributed by atoms with van der Waals surface area (Å²) in [6.07, 6.45) is 7.67. The van der Waals surface area contributed by atoms with Gasteiger partial charge in [-0.15, -0.1) is 0 Å². The van der Waals surface area contributed by atoms with Gasteiger partial charge in [0.1, 0.15) is 0 Å². The van der Waals surface area contributed by atoms with E-state index in [4.69, 9.17) is 0 Å². The maximum absolute atomic E-state index is 13.1. The molecule has 2 atom stereocenters. The predicted molar refractivity (Wildman–Crippen MR) is 84.9 cm³/mol. The van der Waals surface area contributed by atoms with E-state index < -0.39 is 0 Å². The first-order chi connectivity index (χ1) is 10.1. The van der Waals surface area contributed by atoms with Crippen LogP contribution in [-0.2, 0) is 4.79 Å². The van der Waals surface area contributed by atoms with Gasteiger partial charge in [-0.3, -0.25) is 9.78 Å². The molecular formula is C17H27N3O. The van der Waals surface area contributed by atoms with Crippen molar-refractivity contribution in [2.75, 3.05) is 20.1 Å². The van der Waals surface area contributed by atoms with Crippen LogP contribution in [0, 0.1) is 5.41 Å². The summed E-state index contributed by atoms with van der Waals surface area (Å²) >= 11 is 0. The highest BCUT2D eigenvalue weighted by molar-refractivity contribution is 5.83. The molecule has 4 heteroatoms. The Morgan fingerprint density at radius 1 is 1.48 bits per heavy atom. The summed E-state index contributed by atoms with van der Waals surface area (Å²) in [5.74, 6) is 0.279. The third-order valence-corrected chi connectivity index (χ3v) is 4.74. The van der Waals surface area contributed by atoms with E-state index in [0.717, 1.165) is 44.3 Å². The first kappa shape index (κ1) is 16.0. The van der Waals surface area contributed by atoms with Crippen LogP contribution in [0.15, 0.2) is 24.5 Å². The number of carbonyl (C=O) groups excluding carboxylic acids is 1. The molecule has 0 aromatic carbocycles. The third-order valence-electron chi connectivity index (χ3n) is 4.74. The first-order valence-corrected chi connectivity index (χ1v) is 7.98. The molecule has 1 N–H and O–H groups in total. The van der Waals surface area contributed by atoms with E-state index in [1.165, 1.54) is 0 Å². The normalized spacial score (nSPS) is 23.6. The average molecular weight is 289 g/mol. The van der Waals surface area contributed by atoms with E-state index in [2.05, 4.69) is 24.1 Å². The SMILES string of the molecule is CCCC1(C(=O)N(C)C(C)c2ccncc2)CCCNC1. The summed E-state index contributed by atoms with van der Waals surface area (Å²) in [7, 11) is 1.93. The Morgan fingerprint density at radius 3 is 2.76 bits per heavy atom. The number of hydrogen-bond donors (Lipinski definition) is 1. The molecule has 1 aliphatic rings. The summed E-state index contributed by atoms with van der Waals surface area (Å²) in [5.41, 5.74) is 0.916. The Bertz CT molecular complexity index is 449. The van der Waals surface area contributed by atoms with Gasteiger partial charge in [0, 0.05) is 26.0 Å². The zero-order chi connectivity index (χ0) is 15.3. The van der Waals surface area contributed by atoms with Crippen LogP contribution in [0.4, 0.5) is 0 Å². The minimum atomic E-state index is -0.219. The Balaban J connectivity index is 2.16. The molecule has 1 aliphatic heterocycles. The third kappa shape index (κ3) is 3.43. The molecule has 4 nitrogen and oxygen atoms in total. The van der Waals surface area contributed by atoms with Crippen molar-refractivity contribution in [3.8, 4) is 0 Å². The molecule has 2 unspecified atom stereocenters. The maximum atomic E-state index is 13.1. The Hall–Kier alpha value is -1.42. The van der Waals surface area contributed by atoms with E-state index in [1.807, 2.05) is 24.1 Å². The fourth-order valence-corrected chi connectivity index (χ4v) is 3.36. The quantitative estimate of drug-likeness (QED) is 0.906. The molecule has 1 fully saturated rings. The van der Waals surface area contributed by atoms with Gasteiger partial charge in [0.2, 0.25) is 5.91 Å². The molecule has 0 bridgehead atoms. The second-order valence-corrected chi connectivity index (χ2v) is 6.18. The highest BCUT2D eigenvalue weighted by Gasteiger charge is 2.41. The van der Waals surface area contributed by atoms with Gasteiger partial charge in [-0.1, -0.05) is 13.3 Å². The summed E-state index contributed by atoms with van der Waals surface area (Å²) in [4.78, 5) is 19.1. The van der Waals surface area contributed by atoms with Crippen molar-refractivity contribution in [1.82, 2.24) is 15.2 Å². The second kappa shape index (κ2) is 7.03. The first-order valence-electron chi connectivity index (χ1n) is 7.98. The minimum absolute atomic E-state index is 0.0798. The number of nitrogens with one attached hydrogen (secondary N) is 1. The predicted octanol–water partition coefficient (Wildman–Crippen LogP) is 2.77. The molecular weight excluding hydrogens is 262 g/mol. The van der Waals surface area contributed by atoms with Crippen LogP contribution in [0.2, 0.25) is 0 Å². The molecule has 0 spiro atoms. The molecule has 116 valence electrons. The Morgan fingerprint density at radius 2 is 2.19 bits per heavy atom. The average Bonchev–Trinajstić information content (AvgIpc) is 2.54. The van der Waals surface area contributed by atoms with E-state index in [1.54, 1.807) is 12.4 Å². The summed E-state index contributed by atoms with van der Waals surface area (Å²) in [6, 6.07) is 4.05. The van der Waals surface area contributed by atoms with Crippen molar-refractivity contribution >= 4 is 5.91 Å². The number of hydrogen-bond acceptors (Lipinski definition) is 3. The van der Waals surface area contributed by atoms with Gasteiger partial charge in [-0.05, 0) is 50.4 Å². The van der Waals surface area contributed by atoms with Crippen LogP contribution in [0.5, 0.6) is 0 Å². The lowest BCUT2D eigenvalue weighted by atomic mass is 9.75. The number of pyridine rings is 1. The number of amides is 1. The van der Waals surface area contributed by atoms with E-state index in [9.17, 15) is 4.79 Å². The van der Waals surface area contributed by atoms with E-state index >= 15 is 0 Å². The summed E-state index contributed by atoms with van der Waals surface area (Å²) < 4.78 is 0. The number of rotatable bonds is 5. The molecule has 21 heavy (non-hydrogen) atoms. The lowest BCUT2D eigenvalue weighted by Crippen LogP contribution is -2.51. The van der Waals surface area contributed by atoms with Gasteiger partial charge in [0.15, 0.2) is 0 Å². The van der Waals surface area contributed by atoms with Crippen molar-refractivity contribution in [2.24, 2.45) is 5.41 Å². The van der Waals surface area contributed by atoms with Crippen LogP contribution < -0.4 is 5.32 Å². The molecule has 2 heterocycles. The van der Waals surface area contributed by atoms with Crippen LogP contribution >= 0.6 is 0 Å². The fraction of sp³-hybridized carbons (Fsp3) is 0.647. The Labute approximate surface area is 127 Å². The van der Waals surface area contributed by atoms with Crippen LogP contribution in [0.3, 0.4) is 0 Å². The van der Waals surface area contributed by atoms with Crippen molar-refractivity contribution in [2.45, 2.75) is 45.6 Å². The number of carbonyl (C=O) groups is 1. The minimum Gasteiger partial charge on any atom is -0.338 e. The van der Waals surface area contributed by atoms with Gasteiger partial charge in [-0.2, -0.15) is 0 Å². The monoisotopic (exact) mass is 289 g/mol. The molecule has 0 aliphatic carbocycles. The van der Waals surface area contributed by atoms with E-state index in [-0.39, 0.29) is 17.4 Å². The molecule has 1 aromatic rings. The van der Waals surface area contributed by atoms with Crippen molar-refractivity contribution in [3.05, 3.63) is 30.1 Å². The van der Waals surface area contributed by atoms with Gasteiger partial charge in [0.25, 0.3) is 0 Å².